The number of amides is 2. The highest BCUT2D eigenvalue weighted by molar-refractivity contribution is 5.96. The highest BCUT2D eigenvalue weighted by Gasteiger charge is 2.60. The van der Waals surface area contributed by atoms with Gasteiger partial charge in [-0.15, -0.1) is 0 Å². The number of pyridine rings is 1. The first-order chi connectivity index (χ1) is 9.90. The van der Waals surface area contributed by atoms with Gasteiger partial charge in [-0.3, -0.25) is 19.6 Å². The Bertz CT molecular complexity index is 698. The minimum atomic E-state index is -0.840. The summed E-state index contributed by atoms with van der Waals surface area (Å²) in [7, 11) is 1.57. The third-order valence-electron chi connectivity index (χ3n) is 4.24. The second-order valence-corrected chi connectivity index (χ2v) is 5.49. The lowest BCUT2D eigenvalue weighted by Crippen LogP contribution is -2.48. The molecule has 8 nitrogen and oxygen atoms in total. The number of hydroxylamine groups is 2. The van der Waals surface area contributed by atoms with Crippen LogP contribution in [0.15, 0.2) is 17.1 Å². The van der Waals surface area contributed by atoms with Crippen molar-refractivity contribution < 1.29 is 19.5 Å². The second kappa shape index (κ2) is 4.40. The van der Waals surface area contributed by atoms with E-state index in [1.807, 2.05) is 0 Å². The summed E-state index contributed by atoms with van der Waals surface area (Å²) < 4.78 is 6.71. The Hall–Kier alpha value is -2.19. The molecular formula is C13H15N3O5. The zero-order chi connectivity index (χ0) is 15.4. The molecule has 1 aliphatic heterocycles. The molecule has 2 aliphatic rings. The molecule has 2 heterocycles. The van der Waals surface area contributed by atoms with Crippen LogP contribution < -0.4 is 11.2 Å². The van der Waals surface area contributed by atoms with Crippen molar-refractivity contribution in [3.63, 3.8) is 0 Å². The molecule has 0 saturated heterocycles. The predicted octanol–water partition coefficient (Wildman–Crippen LogP) is -0.846. The van der Waals surface area contributed by atoms with Gasteiger partial charge >= 0.3 is 0 Å². The van der Waals surface area contributed by atoms with E-state index in [2.05, 4.69) is 0 Å². The van der Waals surface area contributed by atoms with Crippen LogP contribution in [0.3, 0.4) is 0 Å². The van der Waals surface area contributed by atoms with Crippen LogP contribution in [0.2, 0.25) is 0 Å². The molecule has 1 fully saturated rings. The number of carbonyl (C=O) groups excluding carboxylic acids is 2. The van der Waals surface area contributed by atoms with E-state index in [1.165, 1.54) is 6.20 Å². The number of hydrogen-bond acceptors (Lipinski definition) is 5. The summed E-state index contributed by atoms with van der Waals surface area (Å²) in [4.78, 5) is 35.2. The highest BCUT2D eigenvalue weighted by atomic mass is 16.5. The van der Waals surface area contributed by atoms with Gasteiger partial charge in [0.25, 0.3) is 11.8 Å². The normalized spacial score (nSPS) is 26.9. The zero-order valence-corrected chi connectivity index (χ0v) is 11.4. The molecule has 2 atom stereocenters. The van der Waals surface area contributed by atoms with Gasteiger partial charge < -0.3 is 15.0 Å². The number of hydrogen-bond donors (Lipinski definition) is 2. The topological polar surface area (TPSA) is 115 Å². The van der Waals surface area contributed by atoms with Crippen LogP contribution >= 0.6 is 0 Å². The molecular weight excluding hydrogens is 278 g/mol. The molecule has 1 aromatic heterocycles. The molecule has 0 aromatic carbocycles. The fourth-order valence-electron chi connectivity index (χ4n) is 3.06. The van der Waals surface area contributed by atoms with Crippen molar-refractivity contribution in [2.75, 3.05) is 20.3 Å². The number of fused-ring (bicyclic) bond motifs is 2. The lowest BCUT2D eigenvalue weighted by molar-refractivity contribution is -0.0798. The smallest absolute Gasteiger partial charge is 0.294 e. The van der Waals surface area contributed by atoms with Crippen molar-refractivity contribution in [2.24, 2.45) is 11.7 Å². The van der Waals surface area contributed by atoms with Crippen molar-refractivity contribution in [3.05, 3.63) is 33.7 Å². The Kier molecular flexibility index (Phi) is 2.89. The van der Waals surface area contributed by atoms with Crippen molar-refractivity contribution in [3.8, 4) is 0 Å². The van der Waals surface area contributed by atoms with Gasteiger partial charge in [-0.2, -0.15) is 0 Å². The number of methoxy groups -OCH3 is 1. The first-order valence-corrected chi connectivity index (χ1v) is 6.47. The summed E-state index contributed by atoms with van der Waals surface area (Å²) in [6.45, 7) is 0.549. The molecule has 0 radical (unpaired) electrons. The van der Waals surface area contributed by atoms with Crippen LogP contribution in [0.1, 0.15) is 27.3 Å². The van der Waals surface area contributed by atoms with Crippen molar-refractivity contribution in [1.82, 2.24) is 9.63 Å². The van der Waals surface area contributed by atoms with Gasteiger partial charge in [0.1, 0.15) is 11.3 Å². The average Bonchev–Trinajstić information content (AvgIpc) is 3.09. The summed E-state index contributed by atoms with van der Waals surface area (Å²) in [5, 5.41) is 10.4. The highest BCUT2D eigenvalue weighted by Crippen LogP contribution is 2.53. The van der Waals surface area contributed by atoms with Crippen molar-refractivity contribution in [1.29, 1.82) is 0 Å². The number of ether oxygens (including phenoxy) is 1. The van der Waals surface area contributed by atoms with Crippen LogP contribution in [0.25, 0.3) is 0 Å². The van der Waals surface area contributed by atoms with Gasteiger partial charge in [0, 0.05) is 25.3 Å². The van der Waals surface area contributed by atoms with Crippen LogP contribution in [0.5, 0.6) is 0 Å². The number of primary amides is 1. The Balaban J connectivity index is 2.17. The van der Waals surface area contributed by atoms with E-state index < -0.39 is 22.8 Å². The maximum Gasteiger partial charge on any atom is 0.294 e. The van der Waals surface area contributed by atoms with Gasteiger partial charge in [0.2, 0.25) is 0 Å². The third-order valence-corrected chi connectivity index (χ3v) is 4.24. The van der Waals surface area contributed by atoms with Crippen molar-refractivity contribution in [2.45, 2.75) is 12.0 Å². The molecule has 1 aromatic rings. The van der Waals surface area contributed by atoms with Gasteiger partial charge in [-0.1, -0.05) is 0 Å². The van der Waals surface area contributed by atoms with Crippen molar-refractivity contribution >= 4 is 11.8 Å². The predicted molar refractivity (Wildman–Crippen MR) is 70.0 cm³/mol. The van der Waals surface area contributed by atoms with Gasteiger partial charge in [0.05, 0.1) is 18.7 Å². The molecule has 112 valence electrons. The Labute approximate surface area is 119 Å². The first kappa shape index (κ1) is 13.8. The summed E-state index contributed by atoms with van der Waals surface area (Å²) in [5.74, 6) is -1.42. The Morgan fingerprint density at radius 2 is 2.29 bits per heavy atom. The summed E-state index contributed by atoms with van der Waals surface area (Å²) in [6.07, 6.45) is 2.00. The maximum absolute atomic E-state index is 12.0. The maximum atomic E-state index is 12.0. The van der Waals surface area contributed by atoms with E-state index in [4.69, 9.17) is 10.5 Å². The molecule has 0 bridgehead atoms. The standard InChI is InChI=1S/C13H15N3O5/c1-21-5-7-3-13(7)6-16(20)12(19)9-2-10(17)8(11(14)18)4-15(9)13/h2,4,7,20H,3,5-6H2,1H3,(H2,14,18). The van der Waals surface area contributed by atoms with E-state index in [0.29, 0.717) is 18.1 Å². The molecule has 8 heteroatoms. The van der Waals surface area contributed by atoms with E-state index in [0.717, 1.165) is 6.07 Å². The van der Waals surface area contributed by atoms with Gasteiger partial charge in [-0.25, -0.2) is 5.06 Å². The lowest BCUT2D eigenvalue weighted by Gasteiger charge is -2.34. The summed E-state index contributed by atoms with van der Waals surface area (Å²) >= 11 is 0. The second-order valence-electron chi connectivity index (χ2n) is 5.49. The monoisotopic (exact) mass is 293 g/mol. The van der Waals surface area contributed by atoms with Gasteiger partial charge in [0.15, 0.2) is 5.43 Å². The zero-order valence-electron chi connectivity index (χ0n) is 11.4. The number of aromatic nitrogens is 1. The summed E-state index contributed by atoms with van der Waals surface area (Å²) in [5.41, 5.74) is 3.90. The number of nitrogens with two attached hydrogens (primary N) is 1. The molecule has 21 heavy (non-hydrogen) atoms. The average molecular weight is 293 g/mol. The quantitative estimate of drug-likeness (QED) is 0.705. The van der Waals surface area contributed by atoms with Crippen LogP contribution in [0, 0.1) is 5.92 Å². The fourth-order valence-corrected chi connectivity index (χ4v) is 3.06. The van der Waals surface area contributed by atoms with Crippen LogP contribution in [-0.2, 0) is 10.3 Å². The molecule has 3 rings (SSSR count). The molecule has 2 amide bonds. The number of rotatable bonds is 3. The van der Waals surface area contributed by atoms with E-state index in [-0.39, 0.29) is 23.7 Å². The number of nitrogens with zero attached hydrogens (tertiary/aromatic N) is 2. The minimum Gasteiger partial charge on any atom is -0.384 e. The third kappa shape index (κ3) is 1.87. The summed E-state index contributed by atoms with van der Waals surface area (Å²) in [6, 6.07) is 1.05. The van der Waals surface area contributed by atoms with Crippen LogP contribution in [0.4, 0.5) is 0 Å². The molecule has 3 N–H and O–H groups in total. The largest absolute Gasteiger partial charge is 0.384 e. The molecule has 1 aliphatic carbocycles. The molecule has 2 unspecified atom stereocenters. The van der Waals surface area contributed by atoms with Crippen LogP contribution in [-0.4, -0.2) is 46.9 Å². The number of carbonyl (C=O) groups is 2. The lowest BCUT2D eigenvalue weighted by atomic mass is 10.1. The Morgan fingerprint density at radius 3 is 2.90 bits per heavy atom. The fraction of sp³-hybridized carbons (Fsp3) is 0.462. The van der Waals surface area contributed by atoms with E-state index >= 15 is 0 Å². The molecule has 1 spiro atoms. The Morgan fingerprint density at radius 1 is 1.57 bits per heavy atom. The van der Waals surface area contributed by atoms with Gasteiger partial charge in [-0.05, 0) is 6.42 Å². The van der Waals surface area contributed by atoms with E-state index in [1.54, 1.807) is 11.7 Å². The SMILES string of the molecule is COCC1CC12CN(O)C(=O)c1cc(=O)c(C(N)=O)cn12. The van der Waals surface area contributed by atoms with E-state index in [9.17, 15) is 19.6 Å². The molecule has 1 saturated carbocycles. The minimum absolute atomic E-state index is 0.0531. The first-order valence-electron chi connectivity index (χ1n) is 6.47.